The largest absolute Gasteiger partial charge is 0.454 e. The summed E-state index contributed by atoms with van der Waals surface area (Å²) in [7, 11) is 6.06. The number of fused-ring (bicyclic) bond motifs is 2. The predicted molar refractivity (Wildman–Crippen MR) is 110 cm³/mol. The fraction of sp³-hybridized carbons (Fsp3) is 0.150. The SMILES string of the molecule is [B]c1cc2c(cc1Sc1nc3c([nH]1)c(=N)ncn3CCc1c(F)c(F)c(F)c(F)c1F)OCO2. The Morgan fingerprint density at radius 1 is 1.03 bits per heavy atom. The van der Waals surface area contributed by atoms with Crippen molar-refractivity contribution in [2.24, 2.45) is 0 Å². The van der Waals surface area contributed by atoms with Gasteiger partial charge in [-0.15, -0.1) is 0 Å². The molecule has 7 nitrogen and oxygen atoms in total. The fourth-order valence-electron chi connectivity index (χ4n) is 3.41. The summed E-state index contributed by atoms with van der Waals surface area (Å²) in [6.07, 6.45) is 0.663. The summed E-state index contributed by atoms with van der Waals surface area (Å²) in [6, 6.07) is 3.28. The van der Waals surface area contributed by atoms with Crippen molar-refractivity contribution in [3.05, 3.63) is 58.6 Å². The second-order valence-corrected chi connectivity index (χ2v) is 8.20. The number of imidazole rings is 1. The average molecular weight is 491 g/mol. The number of aromatic nitrogens is 4. The maximum Gasteiger partial charge on any atom is 0.231 e. The summed E-state index contributed by atoms with van der Waals surface area (Å²) in [5.74, 6) is -9.01. The minimum absolute atomic E-state index is 0.0739. The number of rotatable bonds is 5. The van der Waals surface area contributed by atoms with Gasteiger partial charge in [-0.05, 0) is 18.6 Å². The van der Waals surface area contributed by atoms with Crippen molar-refractivity contribution in [3.8, 4) is 11.5 Å². The van der Waals surface area contributed by atoms with Crippen LogP contribution in [-0.4, -0.2) is 34.2 Å². The van der Waals surface area contributed by atoms with E-state index in [4.69, 9.17) is 22.7 Å². The molecule has 2 aromatic carbocycles. The third-order valence-corrected chi connectivity index (χ3v) is 6.07. The molecule has 0 saturated carbocycles. The van der Waals surface area contributed by atoms with Crippen molar-refractivity contribution >= 4 is 36.2 Å². The minimum Gasteiger partial charge on any atom is -0.454 e. The number of aryl methyl sites for hydroxylation is 1. The normalized spacial score (nSPS) is 12.6. The molecule has 34 heavy (non-hydrogen) atoms. The topological polar surface area (TPSA) is 88.8 Å². The molecule has 0 spiro atoms. The van der Waals surface area contributed by atoms with Gasteiger partial charge in [0.05, 0.1) is 6.33 Å². The van der Waals surface area contributed by atoms with E-state index < -0.39 is 41.1 Å². The zero-order chi connectivity index (χ0) is 24.1. The number of H-pyrrole nitrogens is 1. The number of benzene rings is 2. The fourth-order valence-corrected chi connectivity index (χ4v) is 4.24. The van der Waals surface area contributed by atoms with Crippen molar-refractivity contribution in [2.45, 2.75) is 23.0 Å². The maximum absolute atomic E-state index is 14.0. The van der Waals surface area contributed by atoms with E-state index in [1.165, 1.54) is 10.9 Å². The van der Waals surface area contributed by atoms with E-state index in [9.17, 15) is 22.0 Å². The summed E-state index contributed by atoms with van der Waals surface area (Å²) >= 11 is 1.14. The van der Waals surface area contributed by atoms with Crippen molar-refractivity contribution in [2.75, 3.05) is 6.79 Å². The third kappa shape index (κ3) is 3.67. The highest BCUT2D eigenvalue weighted by Gasteiger charge is 2.25. The summed E-state index contributed by atoms with van der Waals surface area (Å²) in [5.41, 5.74) is -0.295. The Balaban J connectivity index is 1.47. The zero-order valence-electron chi connectivity index (χ0n) is 16.9. The van der Waals surface area contributed by atoms with Gasteiger partial charge in [0, 0.05) is 17.0 Å². The van der Waals surface area contributed by atoms with Crippen LogP contribution in [0.25, 0.3) is 11.2 Å². The van der Waals surface area contributed by atoms with E-state index >= 15 is 0 Å². The smallest absolute Gasteiger partial charge is 0.231 e. The lowest BCUT2D eigenvalue weighted by Crippen LogP contribution is -2.15. The maximum atomic E-state index is 14.0. The molecular formula is C20H11BF5N5O2S. The Bertz CT molecular complexity index is 1500. The quantitative estimate of drug-likeness (QED) is 0.194. The van der Waals surface area contributed by atoms with Gasteiger partial charge in [0.1, 0.15) is 13.4 Å². The molecule has 0 unspecified atom stereocenters. The summed E-state index contributed by atoms with van der Waals surface area (Å²) < 4.78 is 80.3. The highest BCUT2D eigenvalue weighted by molar-refractivity contribution is 7.99. The number of hydrogen-bond donors (Lipinski definition) is 2. The van der Waals surface area contributed by atoms with E-state index in [-0.39, 0.29) is 30.0 Å². The van der Waals surface area contributed by atoms with Crippen LogP contribution in [0.1, 0.15) is 5.56 Å². The lowest BCUT2D eigenvalue weighted by Gasteiger charge is -2.10. The molecule has 0 atom stereocenters. The van der Waals surface area contributed by atoms with Crippen LogP contribution in [-0.2, 0) is 13.0 Å². The molecule has 14 heteroatoms. The number of ether oxygens (including phenoxy) is 2. The Morgan fingerprint density at radius 3 is 2.38 bits per heavy atom. The number of hydrogen-bond acceptors (Lipinski definition) is 6. The van der Waals surface area contributed by atoms with Crippen LogP contribution in [0.3, 0.4) is 0 Å². The lowest BCUT2D eigenvalue weighted by atomic mass is 9.96. The molecule has 172 valence electrons. The molecule has 0 saturated heterocycles. The Kier molecular flexibility index (Phi) is 5.46. The first-order valence-electron chi connectivity index (χ1n) is 9.61. The van der Waals surface area contributed by atoms with Crippen molar-refractivity contribution < 1.29 is 31.4 Å². The van der Waals surface area contributed by atoms with Gasteiger partial charge in [-0.2, -0.15) is 0 Å². The molecule has 0 aliphatic carbocycles. The monoisotopic (exact) mass is 491 g/mol. The first kappa shape index (κ1) is 22.3. The molecule has 3 heterocycles. The second kappa shape index (κ2) is 8.35. The molecule has 2 radical (unpaired) electrons. The number of aromatic amines is 1. The van der Waals surface area contributed by atoms with Gasteiger partial charge in [-0.3, -0.25) is 5.41 Å². The molecule has 5 rings (SSSR count). The highest BCUT2D eigenvalue weighted by atomic mass is 32.2. The van der Waals surface area contributed by atoms with E-state index in [0.29, 0.717) is 27.0 Å². The van der Waals surface area contributed by atoms with Gasteiger partial charge in [-0.25, -0.2) is 31.9 Å². The first-order valence-corrected chi connectivity index (χ1v) is 10.4. The molecule has 0 fully saturated rings. The molecule has 4 aromatic rings. The number of nitrogens with one attached hydrogen (secondary N) is 2. The minimum atomic E-state index is -2.22. The molecule has 2 N–H and O–H groups in total. The average Bonchev–Trinajstić information content (AvgIpc) is 3.45. The summed E-state index contributed by atoms with van der Waals surface area (Å²) in [4.78, 5) is 11.8. The Hall–Kier alpha value is -3.55. The first-order chi connectivity index (χ1) is 16.2. The van der Waals surface area contributed by atoms with Crippen LogP contribution in [0.15, 0.2) is 28.5 Å². The van der Waals surface area contributed by atoms with Crippen LogP contribution in [0.5, 0.6) is 11.5 Å². The Labute approximate surface area is 192 Å². The van der Waals surface area contributed by atoms with E-state index in [1.54, 1.807) is 12.1 Å². The third-order valence-electron chi connectivity index (χ3n) is 5.11. The van der Waals surface area contributed by atoms with E-state index in [0.717, 1.165) is 11.8 Å². The van der Waals surface area contributed by atoms with Gasteiger partial charge in [-0.1, -0.05) is 17.2 Å². The lowest BCUT2D eigenvalue weighted by molar-refractivity contribution is 0.174. The molecule has 0 amide bonds. The zero-order valence-corrected chi connectivity index (χ0v) is 17.7. The second-order valence-electron chi connectivity index (χ2n) is 7.17. The van der Waals surface area contributed by atoms with Crippen LogP contribution >= 0.6 is 11.8 Å². The van der Waals surface area contributed by atoms with Gasteiger partial charge in [0.15, 0.2) is 51.1 Å². The van der Waals surface area contributed by atoms with Crippen LogP contribution in [0.4, 0.5) is 22.0 Å². The standard InChI is InChI=1S/C20H11BF5N5O2S/c21-8-3-9-10(33-6-32-9)4-11(8)34-20-29-17-18(27)28-5-31(19(17)30-20)2-1-7-12(22)14(24)16(26)15(25)13(7)23/h3-5,27H,1-2,6H2,(H,29,30). The van der Waals surface area contributed by atoms with Crippen molar-refractivity contribution in [3.63, 3.8) is 0 Å². The molecule has 1 aliphatic heterocycles. The van der Waals surface area contributed by atoms with Gasteiger partial charge >= 0.3 is 0 Å². The Morgan fingerprint density at radius 2 is 1.68 bits per heavy atom. The molecule has 0 bridgehead atoms. The van der Waals surface area contributed by atoms with Crippen molar-refractivity contribution in [1.29, 1.82) is 5.41 Å². The van der Waals surface area contributed by atoms with Crippen molar-refractivity contribution in [1.82, 2.24) is 19.5 Å². The predicted octanol–water partition coefficient (Wildman–Crippen LogP) is 2.85. The molecule has 2 aromatic heterocycles. The van der Waals surface area contributed by atoms with Crippen LogP contribution < -0.4 is 20.4 Å². The van der Waals surface area contributed by atoms with E-state index in [2.05, 4.69) is 15.0 Å². The highest BCUT2D eigenvalue weighted by Crippen LogP contribution is 2.36. The van der Waals surface area contributed by atoms with Gasteiger partial charge < -0.3 is 19.0 Å². The molecular weight excluding hydrogens is 480 g/mol. The number of halogens is 5. The van der Waals surface area contributed by atoms with Crippen LogP contribution in [0, 0.1) is 34.5 Å². The summed E-state index contributed by atoms with van der Waals surface area (Å²) in [6.45, 7) is -0.145. The molecule has 1 aliphatic rings. The van der Waals surface area contributed by atoms with Gasteiger partial charge in [0.25, 0.3) is 0 Å². The number of nitrogens with zero attached hydrogens (tertiary/aromatic N) is 3. The summed E-state index contributed by atoms with van der Waals surface area (Å²) in [5, 5.41) is 8.34. The van der Waals surface area contributed by atoms with Crippen LogP contribution in [0.2, 0.25) is 0 Å². The van der Waals surface area contributed by atoms with Gasteiger partial charge in [0.2, 0.25) is 12.6 Å². The van der Waals surface area contributed by atoms with E-state index in [1.807, 2.05) is 0 Å².